The molecule has 1 aromatic rings. The van der Waals surface area contributed by atoms with Gasteiger partial charge in [-0.3, -0.25) is 0 Å². The minimum Gasteiger partial charge on any atom is -0.391 e. The smallest absolute Gasteiger partial charge is 0.391 e. The van der Waals surface area contributed by atoms with Crippen LogP contribution in [-0.4, -0.2) is 7.05 Å². The number of hydrogen-bond acceptors (Lipinski definition) is 1. The van der Waals surface area contributed by atoms with Gasteiger partial charge in [-0.05, 0) is 23.8 Å². The van der Waals surface area contributed by atoms with Crippen LogP contribution in [0.5, 0.6) is 0 Å². The average Bonchev–Trinajstić information content (AvgIpc) is 2.35. The third kappa shape index (κ3) is 3.71. The summed E-state index contributed by atoms with van der Waals surface area (Å²) in [5.74, 6) is 0. The first-order chi connectivity index (χ1) is 9.30. The Balaban J connectivity index is 3.57. The molecular formula is C14H15F6N. The van der Waals surface area contributed by atoms with E-state index in [9.17, 15) is 26.3 Å². The molecule has 0 aliphatic heterocycles. The quantitative estimate of drug-likeness (QED) is 0.795. The number of benzene rings is 1. The zero-order valence-electron chi connectivity index (χ0n) is 11.7. The van der Waals surface area contributed by atoms with E-state index >= 15 is 0 Å². The molecular weight excluding hydrogens is 296 g/mol. The second-order valence-electron chi connectivity index (χ2n) is 5.15. The summed E-state index contributed by atoms with van der Waals surface area (Å²) in [6.07, 6.45) is -9.71. The summed E-state index contributed by atoms with van der Waals surface area (Å²) in [6, 6.07) is 1.55. The first kappa shape index (κ1) is 17.4. The average molecular weight is 311 g/mol. The first-order valence-corrected chi connectivity index (χ1v) is 5.97. The van der Waals surface area contributed by atoms with Crippen molar-refractivity contribution in [2.24, 2.45) is 0 Å². The SMILES string of the molecule is C=C(NC)C(C)(C)c1cc(C(F)(F)F)cc(C(F)(F)F)c1. The summed E-state index contributed by atoms with van der Waals surface area (Å²) in [5, 5.41) is 2.66. The van der Waals surface area contributed by atoms with Crippen molar-refractivity contribution in [1.82, 2.24) is 5.32 Å². The highest BCUT2D eigenvalue weighted by Crippen LogP contribution is 2.40. The lowest BCUT2D eigenvalue weighted by Gasteiger charge is -2.29. The van der Waals surface area contributed by atoms with Crippen LogP contribution < -0.4 is 5.32 Å². The van der Waals surface area contributed by atoms with Gasteiger partial charge in [-0.2, -0.15) is 26.3 Å². The Morgan fingerprint density at radius 2 is 1.19 bits per heavy atom. The number of allylic oxidation sites excluding steroid dienone is 1. The van der Waals surface area contributed by atoms with E-state index < -0.39 is 28.9 Å². The number of alkyl halides is 6. The van der Waals surface area contributed by atoms with Crippen LogP contribution in [0.25, 0.3) is 0 Å². The van der Waals surface area contributed by atoms with E-state index in [0.29, 0.717) is 5.70 Å². The second kappa shape index (κ2) is 5.27. The Morgan fingerprint density at radius 3 is 1.48 bits per heavy atom. The zero-order valence-corrected chi connectivity index (χ0v) is 11.7. The largest absolute Gasteiger partial charge is 0.416 e. The van der Waals surface area contributed by atoms with Crippen molar-refractivity contribution in [3.05, 3.63) is 47.2 Å². The van der Waals surface area contributed by atoms with Gasteiger partial charge in [0.05, 0.1) is 11.1 Å². The van der Waals surface area contributed by atoms with Crippen molar-refractivity contribution in [2.45, 2.75) is 31.6 Å². The Morgan fingerprint density at radius 1 is 0.857 bits per heavy atom. The number of rotatable bonds is 3. The van der Waals surface area contributed by atoms with E-state index in [2.05, 4.69) is 11.9 Å². The summed E-state index contributed by atoms with van der Waals surface area (Å²) in [4.78, 5) is 0. The molecule has 1 aromatic carbocycles. The third-order valence-corrected chi connectivity index (χ3v) is 3.37. The molecule has 1 N–H and O–H groups in total. The lowest BCUT2D eigenvalue weighted by atomic mass is 9.80. The molecule has 1 rings (SSSR count). The van der Waals surface area contributed by atoms with Crippen LogP contribution in [0, 0.1) is 0 Å². The lowest BCUT2D eigenvalue weighted by Crippen LogP contribution is -2.28. The maximum Gasteiger partial charge on any atom is 0.416 e. The number of likely N-dealkylation sites (N-methyl/N-ethyl adjacent to an activating group) is 1. The fourth-order valence-corrected chi connectivity index (χ4v) is 1.80. The minimum absolute atomic E-state index is 0.107. The van der Waals surface area contributed by atoms with E-state index in [4.69, 9.17) is 0 Å². The van der Waals surface area contributed by atoms with Crippen LogP contribution in [-0.2, 0) is 17.8 Å². The standard InChI is InChI=1S/C14H15F6N/c1-8(21-4)12(2,3)9-5-10(13(15,16)17)7-11(6-9)14(18,19)20/h5-7,21H,1H2,2-4H3. The second-order valence-corrected chi connectivity index (χ2v) is 5.15. The zero-order chi connectivity index (χ0) is 16.6. The number of nitrogens with one attached hydrogen (secondary N) is 1. The molecule has 7 heteroatoms. The molecule has 0 amide bonds. The normalized spacial score (nSPS) is 13.2. The monoisotopic (exact) mass is 311 g/mol. The van der Waals surface area contributed by atoms with Crippen LogP contribution in [0.3, 0.4) is 0 Å². The van der Waals surface area contributed by atoms with Gasteiger partial charge in [0.2, 0.25) is 0 Å². The molecule has 0 aromatic heterocycles. The molecule has 0 spiro atoms. The molecule has 0 atom stereocenters. The summed E-state index contributed by atoms with van der Waals surface area (Å²) < 4.78 is 76.8. The van der Waals surface area contributed by atoms with Gasteiger partial charge in [-0.1, -0.05) is 20.4 Å². The van der Waals surface area contributed by atoms with Crippen LogP contribution in [0.15, 0.2) is 30.5 Å². The maximum atomic E-state index is 12.8. The molecule has 0 saturated heterocycles. The molecule has 0 bridgehead atoms. The highest BCUT2D eigenvalue weighted by Gasteiger charge is 2.38. The molecule has 0 unspecified atom stereocenters. The van der Waals surface area contributed by atoms with E-state index in [1.165, 1.54) is 20.9 Å². The minimum atomic E-state index is -4.85. The Kier molecular flexibility index (Phi) is 4.37. The van der Waals surface area contributed by atoms with Gasteiger partial charge in [0.15, 0.2) is 0 Å². The van der Waals surface area contributed by atoms with Crippen molar-refractivity contribution in [3.8, 4) is 0 Å². The van der Waals surface area contributed by atoms with Gasteiger partial charge in [-0.15, -0.1) is 0 Å². The van der Waals surface area contributed by atoms with Gasteiger partial charge in [0.25, 0.3) is 0 Å². The van der Waals surface area contributed by atoms with E-state index in [0.717, 1.165) is 12.1 Å². The summed E-state index contributed by atoms with van der Waals surface area (Å²) in [6.45, 7) is 6.63. The van der Waals surface area contributed by atoms with Gasteiger partial charge in [0.1, 0.15) is 0 Å². The summed E-state index contributed by atoms with van der Waals surface area (Å²) in [5.41, 5.74) is -3.54. The Bertz CT molecular complexity index is 507. The van der Waals surface area contributed by atoms with Crippen molar-refractivity contribution in [2.75, 3.05) is 7.05 Å². The van der Waals surface area contributed by atoms with E-state index in [1.807, 2.05) is 0 Å². The molecule has 0 aliphatic rings. The van der Waals surface area contributed by atoms with Gasteiger partial charge in [0, 0.05) is 18.2 Å². The maximum absolute atomic E-state index is 12.8. The fraction of sp³-hybridized carbons (Fsp3) is 0.429. The fourth-order valence-electron chi connectivity index (χ4n) is 1.80. The Hall–Kier alpha value is -1.66. The highest BCUT2D eigenvalue weighted by molar-refractivity contribution is 5.41. The summed E-state index contributed by atoms with van der Waals surface area (Å²) in [7, 11) is 1.50. The number of hydrogen-bond donors (Lipinski definition) is 1. The molecule has 1 nitrogen and oxygen atoms in total. The Labute approximate surface area is 118 Å². The van der Waals surface area contributed by atoms with Gasteiger partial charge in [-0.25, -0.2) is 0 Å². The molecule has 118 valence electrons. The van der Waals surface area contributed by atoms with Crippen LogP contribution in [0.1, 0.15) is 30.5 Å². The molecule has 0 heterocycles. The van der Waals surface area contributed by atoms with Crippen LogP contribution in [0.2, 0.25) is 0 Å². The molecule has 0 saturated carbocycles. The van der Waals surface area contributed by atoms with E-state index in [-0.39, 0.29) is 11.6 Å². The predicted molar refractivity (Wildman–Crippen MR) is 67.7 cm³/mol. The van der Waals surface area contributed by atoms with Crippen molar-refractivity contribution in [1.29, 1.82) is 0 Å². The lowest BCUT2D eigenvalue weighted by molar-refractivity contribution is -0.143. The molecule has 0 radical (unpaired) electrons. The third-order valence-electron chi connectivity index (χ3n) is 3.37. The topological polar surface area (TPSA) is 12.0 Å². The van der Waals surface area contributed by atoms with Crippen LogP contribution >= 0.6 is 0 Å². The van der Waals surface area contributed by atoms with E-state index in [1.54, 1.807) is 0 Å². The highest BCUT2D eigenvalue weighted by atomic mass is 19.4. The molecule has 0 fully saturated rings. The van der Waals surface area contributed by atoms with Crippen molar-refractivity contribution < 1.29 is 26.3 Å². The van der Waals surface area contributed by atoms with Crippen molar-refractivity contribution in [3.63, 3.8) is 0 Å². The molecule has 0 aliphatic carbocycles. The predicted octanol–water partition coefficient (Wildman–Crippen LogP) is 4.73. The first-order valence-electron chi connectivity index (χ1n) is 5.97. The van der Waals surface area contributed by atoms with Gasteiger partial charge < -0.3 is 5.32 Å². The van der Waals surface area contributed by atoms with Crippen LogP contribution in [0.4, 0.5) is 26.3 Å². The number of halogens is 6. The van der Waals surface area contributed by atoms with Crippen molar-refractivity contribution >= 4 is 0 Å². The molecule has 21 heavy (non-hydrogen) atoms. The summed E-state index contributed by atoms with van der Waals surface area (Å²) >= 11 is 0. The van der Waals surface area contributed by atoms with Gasteiger partial charge >= 0.3 is 12.4 Å².